The number of nitrogens with zero attached hydrogens (tertiary/aromatic N) is 4. The van der Waals surface area contributed by atoms with E-state index in [4.69, 9.17) is 0 Å². The van der Waals surface area contributed by atoms with Gasteiger partial charge in [0, 0.05) is 47.0 Å². The first-order chi connectivity index (χ1) is 11.1. The first kappa shape index (κ1) is 19.3. The molecular formula is C18H30IN5. The fraction of sp³-hybridized carbons (Fsp3) is 0.667. The Morgan fingerprint density at radius 2 is 2.08 bits per heavy atom. The number of guanidine groups is 1. The van der Waals surface area contributed by atoms with Crippen LogP contribution in [-0.2, 0) is 6.54 Å². The normalized spacial score (nSPS) is 19.5. The Balaban J connectivity index is 0.00000208. The highest BCUT2D eigenvalue weighted by atomic mass is 127. The molecule has 1 aromatic heterocycles. The zero-order valence-electron chi connectivity index (χ0n) is 15.1. The van der Waals surface area contributed by atoms with E-state index >= 15 is 0 Å². The summed E-state index contributed by atoms with van der Waals surface area (Å²) in [5, 5.41) is 3.53. The van der Waals surface area contributed by atoms with Crippen molar-refractivity contribution in [2.45, 2.75) is 38.6 Å². The second-order valence-corrected chi connectivity index (χ2v) is 7.20. The fourth-order valence-electron chi connectivity index (χ4n) is 3.98. The van der Waals surface area contributed by atoms with Crippen LogP contribution in [0.3, 0.4) is 0 Å². The third kappa shape index (κ3) is 4.32. The summed E-state index contributed by atoms with van der Waals surface area (Å²) in [6, 6.07) is 4.19. The van der Waals surface area contributed by atoms with Gasteiger partial charge in [-0.3, -0.25) is 4.99 Å². The van der Waals surface area contributed by atoms with Crippen molar-refractivity contribution in [2.75, 3.05) is 39.1 Å². The van der Waals surface area contributed by atoms with Crippen LogP contribution in [0.1, 0.15) is 37.7 Å². The lowest BCUT2D eigenvalue weighted by atomic mass is 9.86. The topological polar surface area (TPSA) is 43.8 Å². The van der Waals surface area contributed by atoms with Gasteiger partial charge in [0.05, 0.1) is 0 Å². The van der Waals surface area contributed by atoms with Crippen LogP contribution in [0.25, 0.3) is 0 Å². The van der Waals surface area contributed by atoms with E-state index in [-0.39, 0.29) is 24.0 Å². The zero-order valence-corrected chi connectivity index (χ0v) is 17.4. The number of anilines is 1. The van der Waals surface area contributed by atoms with Crippen molar-refractivity contribution in [1.29, 1.82) is 0 Å². The Labute approximate surface area is 162 Å². The van der Waals surface area contributed by atoms with Crippen LogP contribution < -0.4 is 10.2 Å². The number of hydrogen-bond donors (Lipinski definition) is 1. The van der Waals surface area contributed by atoms with Gasteiger partial charge in [0.15, 0.2) is 5.96 Å². The third-order valence-corrected chi connectivity index (χ3v) is 5.33. The molecule has 1 spiro atoms. The Bertz CT molecular complexity index is 566. The van der Waals surface area contributed by atoms with Crippen LogP contribution in [0.2, 0.25) is 0 Å². The maximum atomic E-state index is 4.50. The lowest BCUT2D eigenvalue weighted by molar-refractivity contribution is 0.309. The number of aromatic nitrogens is 1. The van der Waals surface area contributed by atoms with Crippen molar-refractivity contribution in [3.8, 4) is 0 Å². The second kappa shape index (κ2) is 8.36. The molecule has 24 heavy (non-hydrogen) atoms. The molecule has 1 aliphatic heterocycles. The molecular weight excluding hydrogens is 413 g/mol. The van der Waals surface area contributed by atoms with Crippen molar-refractivity contribution in [1.82, 2.24) is 15.2 Å². The molecule has 1 N–H and O–H groups in total. The monoisotopic (exact) mass is 443 g/mol. The van der Waals surface area contributed by atoms with Crippen LogP contribution >= 0.6 is 24.0 Å². The molecule has 0 unspecified atom stereocenters. The molecule has 1 aliphatic carbocycles. The third-order valence-electron chi connectivity index (χ3n) is 5.33. The van der Waals surface area contributed by atoms with E-state index in [2.05, 4.69) is 32.3 Å². The Hall–Kier alpha value is -1.05. The Kier molecular flexibility index (Phi) is 6.71. The second-order valence-electron chi connectivity index (χ2n) is 7.20. The predicted octanol–water partition coefficient (Wildman–Crippen LogP) is 3.11. The van der Waals surface area contributed by atoms with Gasteiger partial charge in [-0.25, -0.2) is 4.98 Å². The average Bonchev–Trinajstić information content (AvgIpc) is 3.19. The number of aliphatic imine (C=N–C) groups is 1. The van der Waals surface area contributed by atoms with Gasteiger partial charge in [-0.1, -0.05) is 12.8 Å². The Morgan fingerprint density at radius 1 is 1.33 bits per heavy atom. The minimum atomic E-state index is 0. The van der Waals surface area contributed by atoms with Gasteiger partial charge in [0.1, 0.15) is 5.82 Å². The largest absolute Gasteiger partial charge is 0.363 e. The first-order valence-electron chi connectivity index (χ1n) is 8.70. The molecule has 0 aromatic carbocycles. The summed E-state index contributed by atoms with van der Waals surface area (Å²) in [4.78, 5) is 13.3. The first-order valence-corrected chi connectivity index (χ1v) is 8.70. The molecule has 3 rings (SSSR count). The number of nitrogens with one attached hydrogen (secondary N) is 1. The van der Waals surface area contributed by atoms with Crippen LogP contribution in [0.4, 0.5) is 5.82 Å². The summed E-state index contributed by atoms with van der Waals surface area (Å²) >= 11 is 0. The Morgan fingerprint density at radius 3 is 2.75 bits per heavy atom. The molecule has 1 saturated carbocycles. The predicted molar refractivity (Wildman–Crippen MR) is 111 cm³/mol. The molecule has 0 bridgehead atoms. The van der Waals surface area contributed by atoms with Crippen molar-refractivity contribution >= 4 is 35.8 Å². The van der Waals surface area contributed by atoms with E-state index in [1.165, 1.54) is 44.2 Å². The van der Waals surface area contributed by atoms with E-state index in [1.807, 2.05) is 32.2 Å². The van der Waals surface area contributed by atoms with E-state index in [9.17, 15) is 0 Å². The minimum Gasteiger partial charge on any atom is -0.363 e. The molecule has 6 heteroatoms. The number of likely N-dealkylation sites (tertiary alicyclic amines) is 1. The molecule has 1 aromatic rings. The molecule has 2 fully saturated rings. The molecule has 2 aliphatic rings. The number of rotatable bonds is 3. The summed E-state index contributed by atoms with van der Waals surface area (Å²) < 4.78 is 0. The molecule has 134 valence electrons. The van der Waals surface area contributed by atoms with E-state index in [1.54, 1.807) is 0 Å². The van der Waals surface area contributed by atoms with Gasteiger partial charge in [-0.05, 0) is 42.4 Å². The fourth-order valence-corrected chi connectivity index (χ4v) is 3.98. The molecule has 0 radical (unpaired) electrons. The van der Waals surface area contributed by atoms with Gasteiger partial charge in [0.2, 0.25) is 0 Å². The summed E-state index contributed by atoms with van der Waals surface area (Å²) in [7, 11) is 5.92. The highest BCUT2D eigenvalue weighted by Gasteiger charge is 2.40. The van der Waals surface area contributed by atoms with Crippen LogP contribution in [0.5, 0.6) is 0 Å². The highest BCUT2D eigenvalue weighted by molar-refractivity contribution is 14.0. The molecule has 5 nitrogen and oxygen atoms in total. The van der Waals surface area contributed by atoms with Gasteiger partial charge >= 0.3 is 0 Å². The van der Waals surface area contributed by atoms with Gasteiger partial charge in [-0.2, -0.15) is 0 Å². The SMILES string of the molecule is CN=C(NCc1ccnc(N(C)C)c1)N1CCC2(CCCC2)C1.I. The van der Waals surface area contributed by atoms with Gasteiger partial charge < -0.3 is 15.1 Å². The number of hydrogen-bond acceptors (Lipinski definition) is 3. The molecule has 0 atom stereocenters. The molecule has 1 saturated heterocycles. The summed E-state index contributed by atoms with van der Waals surface area (Å²) in [5.41, 5.74) is 1.81. The maximum absolute atomic E-state index is 4.50. The van der Waals surface area contributed by atoms with Crippen molar-refractivity contribution in [2.24, 2.45) is 10.4 Å². The molecule has 0 amide bonds. The minimum absolute atomic E-state index is 0. The van der Waals surface area contributed by atoms with Crippen LogP contribution in [-0.4, -0.2) is 50.1 Å². The van der Waals surface area contributed by atoms with Crippen molar-refractivity contribution < 1.29 is 0 Å². The number of pyridine rings is 1. The highest BCUT2D eigenvalue weighted by Crippen LogP contribution is 2.45. The van der Waals surface area contributed by atoms with Gasteiger partial charge in [0.25, 0.3) is 0 Å². The smallest absolute Gasteiger partial charge is 0.193 e. The summed E-state index contributed by atoms with van der Waals surface area (Å²) in [6.45, 7) is 3.10. The molecule has 2 heterocycles. The van der Waals surface area contributed by atoms with Crippen molar-refractivity contribution in [3.05, 3.63) is 23.9 Å². The van der Waals surface area contributed by atoms with E-state index in [0.717, 1.165) is 24.9 Å². The standard InChI is InChI=1S/C18H29N5.HI/c1-19-17(23-11-9-18(14-23)7-4-5-8-18)21-13-15-6-10-20-16(12-15)22(2)3;/h6,10,12H,4-5,7-9,11,13-14H2,1-3H3,(H,19,21);1H. The van der Waals surface area contributed by atoms with Gasteiger partial charge in [-0.15, -0.1) is 24.0 Å². The lowest BCUT2D eigenvalue weighted by Gasteiger charge is -2.26. The van der Waals surface area contributed by atoms with Crippen molar-refractivity contribution in [3.63, 3.8) is 0 Å². The van der Waals surface area contributed by atoms with Crippen LogP contribution in [0.15, 0.2) is 23.3 Å². The lowest BCUT2D eigenvalue weighted by Crippen LogP contribution is -2.40. The summed E-state index contributed by atoms with van der Waals surface area (Å²) in [6.07, 6.45) is 8.81. The van der Waals surface area contributed by atoms with E-state index < -0.39 is 0 Å². The number of halogens is 1. The summed E-state index contributed by atoms with van der Waals surface area (Å²) in [5.74, 6) is 2.03. The van der Waals surface area contributed by atoms with Crippen LogP contribution in [0, 0.1) is 5.41 Å². The van der Waals surface area contributed by atoms with E-state index in [0.29, 0.717) is 5.41 Å². The maximum Gasteiger partial charge on any atom is 0.193 e. The quantitative estimate of drug-likeness (QED) is 0.443. The zero-order chi connectivity index (χ0) is 16.3. The average molecular weight is 443 g/mol.